The van der Waals surface area contributed by atoms with Crippen molar-refractivity contribution < 1.29 is 24.4 Å². The van der Waals surface area contributed by atoms with Gasteiger partial charge in [-0.25, -0.2) is 9.48 Å². The van der Waals surface area contributed by atoms with E-state index in [1.807, 2.05) is 19.1 Å². The molecule has 0 aliphatic heterocycles. The monoisotopic (exact) mass is 396 g/mol. The quantitative estimate of drug-likeness (QED) is 0.462. The van der Waals surface area contributed by atoms with E-state index in [1.54, 1.807) is 12.1 Å². The van der Waals surface area contributed by atoms with Crippen LogP contribution in [0.2, 0.25) is 0 Å². The number of hydrogen-bond acceptors (Lipinski definition) is 6. The van der Waals surface area contributed by atoms with E-state index in [0.717, 1.165) is 10.2 Å². The fourth-order valence-corrected chi connectivity index (χ4v) is 2.59. The number of non-ortho nitro benzene ring substituents is 1. The molecular formula is C19H16N4O6. The Morgan fingerprint density at radius 1 is 1.24 bits per heavy atom. The van der Waals surface area contributed by atoms with Crippen LogP contribution in [0.3, 0.4) is 0 Å². The van der Waals surface area contributed by atoms with E-state index in [9.17, 15) is 19.7 Å². The van der Waals surface area contributed by atoms with E-state index in [0.29, 0.717) is 5.75 Å². The summed E-state index contributed by atoms with van der Waals surface area (Å²) in [6, 6.07) is 12.3. The number of hydrogen-bond donors (Lipinski definition) is 2. The zero-order chi connectivity index (χ0) is 21.0. The molecule has 2 N–H and O–H groups in total. The number of carboxylic acid groups (broad SMARTS) is 1. The van der Waals surface area contributed by atoms with Crippen LogP contribution in [0.25, 0.3) is 0 Å². The lowest BCUT2D eigenvalue weighted by Crippen LogP contribution is -2.22. The molecule has 0 atom stereocenters. The van der Waals surface area contributed by atoms with Crippen molar-refractivity contribution in [3.05, 3.63) is 76.1 Å². The van der Waals surface area contributed by atoms with Gasteiger partial charge in [0, 0.05) is 18.3 Å². The van der Waals surface area contributed by atoms with Crippen LogP contribution in [0.1, 0.15) is 16.1 Å². The SMILES string of the molecule is Cc1ccccc1Oc1cc(NC(=O)Cn2nccc2C(=O)O)cc([N+](=O)[O-])c1. The van der Waals surface area contributed by atoms with Crippen LogP contribution in [-0.2, 0) is 11.3 Å². The molecule has 29 heavy (non-hydrogen) atoms. The second kappa shape index (κ2) is 8.21. The maximum Gasteiger partial charge on any atom is 0.354 e. The highest BCUT2D eigenvalue weighted by molar-refractivity contribution is 5.92. The zero-order valence-electron chi connectivity index (χ0n) is 15.2. The summed E-state index contributed by atoms with van der Waals surface area (Å²) in [5.41, 5.74) is 0.556. The van der Waals surface area contributed by atoms with E-state index in [-0.39, 0.29) is 29.4 Å². The topological polar surface area (TPSA) is 137 Å². The van der Waals surface area contributed by atoms with E-state index in [2.05, 4.69) is 10.4 Å². The molecule has 1 heterocycles. The number of amides is 1. The summed E-state index contributed by atoms with van der Waals surface area (Å²) in [5.74, 6) is -1.12. The van der Waals surface area contributed by atoms with Crippen LogP contribution in [0.15, 0.2) is 54.7 Å². The molecule has 2 aromatic carbocycles. The largest absolute Gasteiger partial charge is 0.477 e. The number of carboxylic acids is 1. The summed E-state index contributed by atoms with van der Waals surface area (Å²) >= 11 is 0. The Balaban J connectivity index is 1.82. The van der Waals surface area contributed by atoms with Crippen molar-refractivity contribution in [3.63, 3.8) is 0 Å². The molecule has 10 nitrogen and oxygen atoms in total. The van der Waals surface area contributed by atoms with Gasteiger partial charge in [0.15, 0.2) is 0 Å². The Kier molecular flexibility index (Phi) is 5.54. The minimum absolute atomic E-state index is 0.136. The van der Waals surface area contributed by atoms with Gasteiger partial charge in [-0.1, -0.05) is 18.2 Å². The Bertz CT molecular complexity index is 1090. The highest BCUT2D eigenvalue weighted by Gasteiger charge is 2.16. The lowest BCUT2D eigenvalue weighted by molar-refractivity contribution is -0.384. The molecule has 3 aromatic rings. The number of rotatable bonds is 7. The zero-order valence-corrected chi connectivity index (χ0v) is 15.2. The van der Waals surface area contributed by atoms with Crippen molar-refractivity contribution in [2.75, 3.05) is 5.32 Å². The second-order valence-corrected chi connectivity index (χ2v) is 6.07. The van der Waals surface area contributed by atoms with Crippen LogP contribution in [-0.4, -0.2) is 31.7 Å². The number of nitro benzene ring substituents is 1. The minimum atomic E-state index is -1.22. The minimum Gasteiger partial charge on any atom is -0.477 e. The molecule has 1 amide bonds. The maximum absolute atomic E-state index is 12.3. The first-order valence-electron chi connectivity index (χ1n) is 8.41. The fourth-order valence-electron chi connectivity index (χ4n) is 2.59. The predicted molar refractivity (Wildman–Crippen MR) is 102 cm³/mol. The number of benzene rings is 2. The molecule has 0 unspecified atom stereocenters. The Hall–Kier alpha value is -4.21. The van der Waals surface area contributed by atoms with Gasteiger partial charge in [0.05, 0.1) is 16.7 Å². The van der Waals surface area contributed by atoms with Gasteiger partial charge in [-0.15, -0.1) is 0 Å². The third kappa shape index (κ3) is 4.75. The second-order valence-electron chi connectivity index (χ2n) is 6.07. The molecule has 0 bridgehead atoms. The van der Waals surface area contributed by atoms with E-state index in [4.69, 9.17) is 9.84 Å². The van der Waals surface area contributed by atoms with Gasteiger partial charge in [0.2, 0.25) is 5.91 Å². The molecule has 148 valence electrons. The average Bonchev–Trinajstić information content (AvgIpc) is 3.11. The van der Waals surface area contributed by atoms with Crippen molar-refractivity contribution in [3.8, 4) is 11.5 Å². The van der Waals surface area contributed by atoms with Crippen molar-refractivity contribution in [2.24, 2.45) is 0 Å². The first kappa shape index (κ1) is 19.5. The molecule has 3 rings (SSSR count). The van der Waals surface area contributed by atoms with Gasteiger partial charge in [0.1, 0.15) is 23.7 Å². The number of nitro groups is 1. The summed E-state index contributed by atoms with van der Waals surface area (Å²) in [4.78, 5) is 34.0. The predicted octanol–water partition coefficient (Wildman–Crippen LogP) is 3.23. The molecule has 0 fully saturated rings. The van der Waals surface area contributed by atoms with Crippen molar-refractivity contribution >= 4 is 23.3 Å². The van der Waals surface area contributed by atoms with Gasteiger partial charge in [-0.3, -0.25) is 14.9 Å². The summed E-state index contributed by atoms with van der Waals surface area (Å²) < 4.78 is 6.74. The summed E-state index contributed by atoms with van der Waals surface area (Å²) in [6.07, 6.45) is 1.26. The van der Waals surface area contributed by atoms with Crippen LogP contribution in [0.5, 0.6) is 11.5 Å². The number of para-hydroxylation sites is 1. The number of nitrogens with zero attached hydrogens (tertiary/aromatic N) is 3. The number of aromatic carboxylic acids is 1. The lowest BCUT2D eigenvalue weighted by atomic mass is 10.2. The van der Waals surface area contributed by atoms with Gasteiger partial charge < -0.3 is 15.2 Å². The first-order chi connectivity index (χ1) is 13.8. The van der Waals surface area contributed by atoms with Gasteiger partial charge in [-0.05, 0) is 24.6 Å². The smallest absolute Gasteiger partial charge is 0.354 e. The maximum atomic E-state index is 12.3. The fraction of sp³-hybridized carbons (Fsp3) is 0.105. The van der Waals surface area contributed by atoms with Crippen LogP contribution in [0.4, 0.5) is 11.4 Å². The molecule has 0 spiro atoms. The molecular weight excluding hydrogens is 380 g/mol. The highest BCUT2D eigenvalue weighted by atomic mass is 16.6. The van der Waals surface area contributed by atoms with E-state index in [1.165, 1.54) is 30.5 Å². The Morgan fingerprint density at radius 3 is 2.69 bits per heavy atom. The summed E-state index contributed by atoms with van der Waals surface area (Å²) in [7, 11) is 0. The molecule has 0 saturated heterocycles. The van der Waals surface area contributed by atoms with E-state index >= 15 is 0 Å². The number of ether oxygens (including phenoxy) is 1. The number of nitrogens with one attached hydrogen (secondary N) is 1. The van der Waals surface area contributed by atoms with Crippen molar-refractivity contribution in [1.82, 2.24) is 9.78 Å². The van der Waals surface area contributed by atoms with E-state index < -0.39 is 16.8 Å². The number of carbonyl (C=O) groups excluding carboxylic acids is 1. The lowest BCUT2D eigenvalue weighted by Gasteiger charge is -2.11. The van der Waals surface area contributed by atoms with Gasteiger partial charge in [0.25, 0.3) is 5.69 Å². The first-order valence-corrected chi connectivity index (χ1v) is 8.41. The van der Waals surface area contributed by atoms with Gasteiger partial charge >= 0.3 is 5.97 Å². The molecule has 0 radical (unpaired) electrons. The Labute approximate surface area is 164 Å². The average molecular weight is 396 g/mol. The third-order valence-corrected chi connectivity index (χ3v) is 3.94. The summed E-state index contributed by atoms with van der Waals surface area (Å²) in [5, 5.41) is 26.6. The molecule has 1 aromatic heterocycles. The Morgan fingerprint density at radius 2 is 2.00 bits per heavy atom. The molecule has 10 heteroatoms. The molecule has 0 saturated carbocycles. The van der Waals surface area contributed by atoms with Crippen molar-refractivity contribution in [1.29, 1.82) is 0 Å². The standard InChI is InChI=1S/C19H16N4O6/c1-12-4-2-3-5-17(12)29-15-9-13(8-14(10-15)23(27)28)21-18(24)11-22-16(19(25)26)6-7-20-22/h2-10H,11H2,1H3,(H,21,24)(H,25,26). The molecule has 0 aliphatic carbocycles. The third-order valence-electron chi connectivity index (χ3n) is 3.94. The number of anilines is 1. The normalized spacial score (nSPS) is 10.4. The number of aryl methyl sites for hydroxylation is 1. The van der Waals surface area contributed by atoms with Crippen molar-refractivity contribution in [2.45, 2.75) is 13.5 Å². The molecule has 0 aliphatic rings. The van der Waals surface area contributed by atoms with Crippen LogP contribution in [0, 0.1) is 17.0 Å². The van der Waals surface area contributed by atoms with Crippen LogP contribution < -0.4 is 10.1 Å². The number of aromatic nitrogens is 2. The van der Waals surface area contributed by atoms with Crippen LogP contribution >= 0.6 is 0 Å². The number of carbonyl (C=O) groups is 2. The summed E-state index contributed by atoms with van der Waals surface area (Å²) in [6.45, 7) is 1.46. The highest BCUT2D eigenvalue weighted by Crippen LogP contribution is 2.31. The van der Waals surface area contributed by atoms with Gasteiger partial charge in [-0.2, -0.15) is 5.10 Å².